The summed E-state index contributed by atoms with van der Waals surface area (Å²) in [6.45, 7) is 4.99. The number of carbonyl (C=O) groups is 3. The Balaban J connectivity index is 1.57. The Hall–Kier alpha value is -2.68. The van der Waals surface area contributed by atoms with Crippen LogP contribution in [0, 0.1) is 0 Å². The molecule has 2 aromatic carbocycles. The second-order valence-corrected chi connectivity index (χ2v) is 16.2. The van der Waals surface area contributed by atoms with Gasteiger partial charge in [0.1, 0.15) is 23.2 Å². The lowest BCUT2D eigenvalue weighted by Gasteiger charge is -2.43. The number of amides is 2. The van der Waals surface area contributed by atoms with Crippen molar-refractivity contribution in [3.63, 3.8) is 0 Å². The fourth-order valence-corrected chi connectivity index (χ4v) is 8.91. The summed E-state index contributed by atoms with van der Waals surface area (Å²) in [5.41, 5.74) is 0.479. The molecule has 0 radical (unpaired) electrons. The average Bonchev–Trinajstić information content (AvgIpc) is 3.13. The van der Waals surface area contributed by atoms with E-state index in [1.165, 1.54) is 22.7 Å². The lowest BCUT2D eigenvalue weighted by Crippen LogP contribution is -2.70. The number of β-lactam (4-membered cyclic amide) rings is 1. The van der Waals surface area contributed by atoms with E-state index in [-0.39, 0.29) is 17.9 Å². The number of nitrogens with zero attached hydrogens (tertiary/aromatic N) is 1. The molecule has 42 heavy (non-hydrogen) atoms. The number of benzene rings is 2. The number of aliphatic hydroxyl groups is 1. The van der Waals surface area contributed by atoms with Gasteiger partial charge in [0, 0.05) is 23.4 Å². The molecule has 230 valence electrons. The second kappa shape index (κ2) is 11.1. The van der Waals surface area contributed by atoms with Crippen molar-refractivity contribution < 1.29 is 58.0 Å². The SMILES string of the molecule is CCOc1ccc2cc(NCCC(O)(P(=O)(O)O)P(=O)(O)O)ccc2c1C(=O)NC1C(=O)N2C1SC(C)(C)C2C(=O)O. The molecule has 2 fully saturated rings. The molecule has 2 aromatic rings. The molecule has 0 aliphatic carbocycles. The minimum Gasteiger partial charge on any atom is -0.493 e. The van der Waals surface area contributed by atoms with E-state index in [2.05, 4.69) is 10.6 Å². The number of thioether (sulfide) groups is 1. The number of ether oxygens (including phenoxy) is 1. The van der Waals surface area contributed by atoms with Gasteiger partial charge in [0.15, 0.2) is 0 Å². The first-order valence-corrected chi connectivity index (χ1v) is 16.7. The summed E-state index contributed by atoms with van der Waals surface area (Å²) in [6, 6.07) is 5.84. The van der Waals surface area contributed by atoms with E-state index in [9.17, 15) is 53.3 Å². The van der Waals surface area contributed by atoms with E-state index in [1.807, 2.05) is 0 Å². The van der Waals surface area contributed by atoms with Gasteiger partial charge in [-0.15, -0.1) is 11.8 Å². The molecular weight excluding hydrogens is 616 g/mol. The average molecular weight is 648 g/mol. The van der Waals surface area contributed by atoms with Crippen molar-refractivity contribution in [1.82, 2.24) is 10.2 Å². The van der Waals surface area contributed by atoms with E-state index >= 15 is 0 Å². The zero-order valence-corrected chi connectivity index (χ0v) is 25.2. The topological polar surface area (TPSA) is 243 Å². The molecule has 2 heterocycles. The number of carbonyl (C=O) groups excluding carboxylic acids is 2. The zero-order chi connectivity index (χ0) is 31.4. The van der Waals surface area contributed by atoms with E-state index in [4.69, 9.17) is 4.74 Å². The van der Waals surface area contributed by atoms with Gasteiger partial charge in [-0.1, -0.05) is 12.1 Å². The van der Waals surface area contributed by atoms with Crippen LogP contribution in [0.5, 0.6) is 5.75 Å². The van der Waals surface area contributed by atoms with Gasteiger partial charge in [-0.2, -0.15) is 0 Å². The Morgan fingerprint density at radius 2 is 1.76 bits per heavy atom. The lowest BCUT2D eigenvalue weighted by molar-refractivity contribution is -0.159. The summed E-state index contributed by atoms with van der Waals surface area (Å²) < 4.78 is 28.1. The molecule has 2 saturated heterocycles. The fourth-order valence-electron chi connectivity index (χ4n) is 5.12. The van der Waals surface area contributed by atoms with Crippen molar-refractivity contribution in [1.29, 1.82) is 0 Å². The Kier molecular flexibility index (Phi) is 8.53. The smallest absolute Gasteiger partial charge is 0.369 e. The quantitative estimate of drug-likeness (QED) is 0.127. The summed E-state index contributed by atoms with van der Waals surface area (Å²) in [7, 11) is -11.2. The van der Waals surface area contributed by atoms with E-state index < -0.39 is 73.2 Å². The molecule has 2 amide bonds. The molecule has 0 spiro atoms. The summed E-state index contributed by atoms with van der Waals surface area (Å²) >= 11 is 1.29. The number of hydrogen-bond donors (Lipinski definition) is 8. The number of carboxylic acids is 1. The number of fused-ring (bicyclic) bond motifs is 2. The van der Waals surface area contributed by atoms with E-state index in [0.717, 1.165) is 0 Å². The molecule has 4 rings (SSSR count). The van der Waals surface area contributed by atoms with Crippen LogP contribution in [-0.4, -0.2) is 92.9 Å². The Morgan fingerprint density at radius 1 is 1.12 bits per heavy atom. The summed E-state index contributed by atoms with van der Waals surface area (Å²) in [4.78, 5) is 76.8. The van der Waals surface area contributed by atoms with Gasteiger partial charge >= 0.3 is 21.2 Å². The second-order valence-electron chi connectivity index (χ2n) is 10.4. The highest BCUT2D eigenvalue weighted by Crippen LogP contribution is 2.68. The predicted octanol–water partition coefficient (Wildman–Crippen LogP) is 1.29. The first kappa shape index (κ1) is 32.2. The summed E-state index contributed by atoms with van der Waals surface area (Å²) in [6.07, 6.45) is -0.971. The first-order chi connectivity index (χ1) is 19.3. The minimum atomic E-state index is -5.60. The normalized spacial score (nSPS) is 22.0. The molecular formula is C24H31N3O12P2S. The van der Waals surface area contributed by atoms with Crippen LogP contribution in [0.25, 0.3) is 10.8 Å². The Labute approximate surface area is 243 Å². The maximum Gasteiger partial charge on any atom is 0.369 e. The largest absolute Gasteiger partial charge is 0.493 e. The van der Waals surface area contributed by atoms with Crippen LogP contribution in [0.1, 0.15) is 37.6 Å². The molecule has 2 aliphatic heterocycles. The van der Waals surface area contributed by atoms with Gasteiger partial charge in [0.05, 0.1) is 12.2 Å². The highest BCUT2D eigenvalue weighted by molar-refractivity contribution is 8.01. The van der Waals surface area contributed by atoms with Gasteiger partial charge in [-0.25, -0.2) is 4.79 Å². The van der Waals surface area contributed by atoms with Crippen molar-refractivity contribution >= 4 is 61.2 Å². The summed E-state index contributed by atoms with van der Waals surface area (Å²) in [5.74, 6) is -2.01. The number of rotatable bonds is 11. The third-order valence-corrected chi connectivity index (χ3v) is 12.6. The van der Waals surface area contributed by atoms with Crippen LogP contribution in [0.4, 0.5) is 5.69 Å². The monoisotopic (exact) mass is 647 g/mol. The molecule has 15 nitrogen and oxygen atoms in total. The number of aliphatic carboxylic acids is 1. The van der Waals surface area contributed by atoms with Crippen molar-refractivity contribution in [2.75, 3.05) is 18.5 Å². The number of nitrogens with one attached hydrogen (secondary N) is 2. The Bertz CT molecular complexity index is 1520. The van der Waals surface area contributed by atoms with Gasteiger partial charge in [-0.05, 0) is 49.7 Å². The molecule has 8 N–H and O–H groups in total. The fraction of sp³-hybridized carbons (Fsp3) is 0.458. The van der Waals surface area contributed by atoms with Crippen molar-refractivity contribution in [3.8, 4) is 5.75 Å². The highest BCUT2D eigenvalue weighted by Gasteiger charge is 2.64. The predicted molar refractivity (Wildman–Crippen MR) is 152 cm³/mol. The van der Waals surface area contributed by atoms with Crippen LogP contribution in [0.3, 0.4) is 0 Å². The summed E-state index contributed by atoms with van der Waals surface area (Å²) in [5, 5.41) is 22.0. The van der Waals surface area contributed by atoms with Crippen molar-refractivity contribution in [2.24, 2.45) is 0 Å². The van der Waals surface area contributed by atoms with Gasteiger partial charge < -0.3 is 50.1 Å². The lowest BCUT2D eigenvalue weighted by atomic mass is 9.95. The van der Waals surface area contributed by atoms with Gasteiger partial charge in [0.25, 0.3) is 11.0 Å². The molecule has 0 saturated carbocycles. The van der Waals surface area contributed by atoms with Crippen molar-refractivity contribution in [2.45, 2.75) is 54.5 Å². The number of anilines is 1. The zero-order valence-electron chi connectivity index (χ0n) is 22.6. The molecule has 0 aromatic heterocycles. The van der Waals surface area contributed by atoms with Crippen LogP contribution in [-0.2, 0) is 18.7 Å². The maximum absolute atomic E-state index is 13.5. The standard InChI is InChI=1S/C24H31N3O12P2S/c1-4-39-15-8-5-12-11-13(25-10-9-24(32,40(33,34)35)41(36,37)38)6-7-14(12)16(15)19(28)26-17-20(29)27-18(22(30)31)23(2,3)42-21(17)27/h5-8,11,17-18,21,25,32H,4,9-10H2,1-3H3,(H,26,28)(H,30,31)(H2,33,34,35)(H2,36,37,38). The maximum atomic E-state index is 13.5. The minimum absolute atomic E-state index is 0.126. The van der Waals surface area contributed by atoms with Gasteiger partial charge in [-0.3, -0.25) is 18.7 Å². The van der Waals surface area contributed by atoms with E-state index in [1.54, 1.807) is 45.0 Å². The highest BCUT2D eigenvalue weighted by atomic mass is 32.2. The van der Waals surface area contributed by atoms with E-state index in [0.29, 0.717) is 16.5 Å². The molecule has 2 aliphatic rings. The molecule has 3 atom stereocenters. The first-order valence-electron chi connectivity index (χ1n) is 12.6. The molecule has 0 bridgehead atoms. The molecule has 3 unspecified atom stereocenters. The van der Waals surface area contributed by atoms with Crippen LogP contribution in [0.15, 0.2) is 30.3 Å². The van der Waals surface area contributed by atoms with Crippen LogP contribution < -0.4 is 15.4 Å². The third kappa shape index (κ3) is 5.53. The van der Waals surface area contributed by atoms with Gasteiger partial charge in [0.2, 0.25) is 5.91 Å². The third-order valence-electron chi connectivity index (χ3n) is 7.19. The number of hydrogen-bond acceptors (Lipinski definition) is 9. The van der Waals surface area contributed by atoms with Crippen LogP contribution >= 0.6 is 27.0 Å². The Morgan fingerprint density at radius 3 is 2.33 bits per heavy atom. The van der Waals surface area contributed by atoms with Crippen molar-refractivity contribution in [3.05, 3.63) is 35.9 Å². The van der Waals surface area contributed by atoms with Crippen LogP contribution in [0.2, 0.25) is 0 Å². The number of carboxylic acid groups (broad SMARTS) is 1. The molecule has 18 heteroatoms.